The quantitative estimate of drug-likeness (QED) is 0.334. The first-order chi connectivity index (χ1) is 17.0. The molecule has 4 atom stereocenters. The summed E-state index contributed by atoms with van der Waals surface area (Å²) in [6, 6.07) is 2.07. The second kappa shape index (κ2) is 8.35. The zero-order valence-corrected chi connectivity index (χ0v) is 20.2. The molecule has 1 saturated carbocycles. The minimum Gasteiger partial charge on any atom is -0.510 e. The van der Waals surface area contributed by atoms with Crippen molar-refractivity contribution in [2.24, 2.45) is 17.6 Å². The fourth-order valence-electron chi connectivity index (χ4n) is 6.62. The third-order valence-corrected chi connectivity index (χ3v) is 8.31. The summed E-state index contributed by atoms with van der Waals surface area (Å²) in [5, 5.41) is 47.9. The van der Waals surface area contributed by atoms with Crippen molar-refractivity contribution in [1.82, 2.24) is 5.32 Å². The number of phenols is 1. The van der Waals surface area contributed by atoms with Gasteiger partial charge in [0.2, 0.25) is 5.78 Å². The number of amides is 1. The van der Waals surface area contributed by atoms with Crippen molar-refractivity contribution in [2.45, 2.75) is 56.2 Å². The Balaban J connectivity index is 1.68. The van der Waals surface area contributed by atoms with Gasteiger partial charge in [0.25, 0.3) is 5.91 Å². The number of fused-ring (bicyclic) bond motifs is 3. The Morgan fingerprint density at radius 2 is 1.81 bits per heavy atom. The van der Waals surface area contributed by atoms with Gasteiger partial charge < -0.3 is 36.4 Å². The van der Waals surface area contributed by atoms with E-state index in [0.717, 1.165) is 31.4 Å². The van der Waals surface area contributed by atoms with Crippen molar-refractivity contribution < 1.29 is 34.8 Å². The normalized spacial score (nSPS) is 30.2. The Morgan fingerprint density at radius 3 is 2.42 bits per heavy atom. The number of nitrogens with two attached hydrogens (primary N) is 1. The second-order valence-corrected chi connectivity index (χ2v) is 10.5. The fourth-order valence-corrected chi connectivity index (χ4v) is 6.62. The number of carbonyl (C=O) groups is 3. The number of carbonyl (C=O) groups excluding carboxylic acids is 3. The van der Waals surface area contributed by atoms with Gasteiger partial charge in [0.05, 0.1) is 11.6 Å². The first-order valence-corrected chi connectivity index (χ1v) is 12.2. The van der Waals surface area contributed by atoms with Gasteiger partial charge >= 0.3 is 0 Å². The number of aromatic hydroxyl groups is 1. The molecule has 0 saturated heterocycles. The minimum absolute atomic E-state index is 0.0118. The highest BCUT2D eigenvalue weighted by atomic mass is 16.3. The molecule has 5 rings (SSSR count). The molecule has 0 heterocycles. The number of primary amides is 1. The topological polar surface area (TPSA) is 173 Å². The van der Waals surface area contributed by atoms with Crippen LogP contribution in [0.4, 0.5) is 5.69 Å². The number of benzene rings is 1. The molecule has 10 heteroatoms. The van der Waals surface area contributed by atoms with E-state index in [9.17, 15) is 34.8 Å². The highest BCUT2D eigenvalue weighted by Gasteiger charge is 2.63. The van der Waals surface area contributed by atoms with Crippen molar-refractivity contribution in [1.29, 1.82) is 0 Å². The number of hydrogen-bond donors (Lipinski definition) is 6. The summed E-state index contributed by atoms with van der Waals surface area (Å²) in [6.45, 7) is 0. The van der Waals surface area contributed by atoms with E-state index >= 15 is 0 Å². The summed E-state index contributed by atoms with van der Waals surface area (Å²) in [7, 11) is 3.63. The summed E-state index contributed by atoms with van der Waals surface area (Å²) in [4.78, 5) is 41.0. The van der Waals surface area contributed by atoms with E-state index in [1.165, 1.54) is 6.07 Å². The predicted octanol–water partition coefficient (Wildman–Crippen LogP) is 1.16. The molecule has 1 aromatic rings. The molecule has 0 spiro atoms. The minimum atomic E-state index is -2.62. The number of allylic oxidation sites excluding steroid dienone is 1. The largest absolute Gasteiger partial charge is 0.510 e. The number of ketones is 2. The van der Waals surface area contributed by atoms with Gasteiger partial charge in [0.1, 0.15) is 22.8 Å². The molecule has 1 fully saturated rings. The number of anilines is 1. The zero-order valence-electron chi connectivity index (χ0n) is 20.2. The van der Waals surface area contributed by atoms with E-state index < -0.39 is 58.0 Å². The van der Waals surface area contributed by atoms with Crippen LogP contribution in [0.3, 0.4) is 0 Å². The van der Waals surface area contributed by atoms with Crippen LogP contribution < -0.4 is 16.0 Å². The molecular formula is C26H31N3O7. The van der Waals surface area contributed by atoms with Crippen molar-refractivity contribution in [3.8, 4) is 5.75 Å². The molecule has 4 aliphatic rings. The standard InChI is InChI=1S/C26H31N3O7/c1-29(2)15-7-8-16(30)18-13(15)9-11-10-14-20(28-12-5-3-4-6-12)22(32)19(25(27)35)24(34)26(14,36)23(33)17(11)21(18)31/h7-8,11-12,14,20,28,30,32-33,36H,3-6,9-10H2,1-2H3,(H2,27,35)/t11?,14?,20-,26?/m1/s1. The van der Waals surface area contributed by atoms with E-state index in [-0.39, 0.29) is 35.8 Å². The number of phenolic OH excluding ortho intramolecular Hbond substituents is 1. The lowest BCUT2D eigenvalue weighted by Gasteiger charge is -2.49. The Bertz CT molecular complexity index is 1240. The Labute approximate surface area is 208 Å². The Kier molecular flexibility index (Phi) is 5.64. The van der Waals surface area contributed by atoms with Crippen LogP contribution in [0.1, 0.15) is 48.0 Å². The van der Waals surface area contributed by atoms with E-state index in [0.29, 0.717) is 5.56 Å². The maximum Gasteiger partial charge on any atom is 0.255 e. The molecule has 3 unspecified atom stereocenters. The lowest BCUT2D eigenvalue weighted by molar-refractivity contribution is -0.146. The van der Waals surface area contributed by atoms with Crippen LogP contribution in [0.25, 0.3) is 0 Å². The van der Waals surface area contributed by atoms with Crippen LogP contribution >= 0.6 is 0 Å². The number of nitrogens with one attached hydrogen (secondary N) is 1. The smallest absolute Gasteiger partial charge is 0.255 e. The third-order valence-electron chi connectivity index (χ3n) is 8.31. The molecule has 0 radical (unpaired) electrons. The Hall–Kier alpha value is -3.37. The molecule has 192 valence electrons. The number of Topliss-reactive ketones (excluding diaryl/α,β-unsaturated/α-hetero) is 2. The molecule has 7 N–H and O–H groups in total. The highest BCUT2D eigenvalue weighted by Crippen LogP contribution is 2.52. The molecule has 4 aliphatic carbocycles. The fraction of sp³-hybridized carbons (Fsp3) is 0.500. The van der Waals surface area contributed by atoms with Crippen LogP contribution in [0, 0.1) is 11.8 Å². The van der Waals surface area contributed by atoms with Crippen LogP contribution in [0.15, 0.2) is 34.8 Å². The first-order valence-electron chi connectivity index (χ1n) is 12.2. The van der Waals surface area contributed by atoms with Crippen LogP contribution in [-0.2, 0) is 16.0 Å². The van der Waals surface area contributed by atoms with Crippen molar-refractivity contribution >= 4 is 23.2 Å². The second-order valence-electron chi connectivity index (χ2n) is 10.5. The van der Waals surface area contributed by atoms with Crippen LogP contribution in [0.5, 0.6) is 5.75 Å². The number of aliphatic hydroxyl groups excluding tert-OH is 2. The summed E-state index contributed by atoms with van der Waals surface area (Å²) in [6.07, 6.45) is 3.95. The number of nitrogens with zero attached hydrogens (tertiary/aromatic N) is 1. The van der Waals surface area contributed by atoms with Gasteiger partial charge in [-0.25, -0.2) is 0 Å². The maximum atomic E-state index is 13.6. The van der Waals surface area contributed by atoms with E-state index in [1.807, 2.05) is 19.0 Å². The van der Waals surface area contributed by atoms with Crippen LogP contribution in [0.2, 0.25) is 0 Å². The summed E-state index contributed by atoms with van der Waals surface area (Å²) < 4.78 is 0. The van der Waals surface area contributed by atoms with E-state index in [1.54, 1.807) is 6.07 Å². The predicted molar refractivity (Wildman–Crippen MR) is 130 cm³/mol. The van der Waals surface area contributed by atoms with Gasteiger partial charge in [0, 0.05) is 37.3 Å². The average molecular weight is 498 g/mol. The van der Waals surface area contributed by atoms with Gasteiger partial charge in [-0.2, -0.15) is 0 Å². The van der Waals surface area contributed by atoms with Crippen molar-refractivity contribution in [2.75, 3.05) is 19.0 Å². The number of aliphatic hydroxyl groups is 3. The monoisotopic (exact) mass is 497 g/mol. The van der Waals surface area contributed by atoms with E-state index in [2.05, 4.69) is 5.32 Å². The summed E-state index contributed by atoms with van der Waals surface area (Å²) in [5.74, 6) is -6.41. The van der Waals surface area contributed by atoms with Gasteiger partial charge in [-0.1, -0.05) is 12.8 Å². The van der Waals surface area contributed by atoms with Gasteiger partial charge in [-0.05, 0) is 49.3 Å². The molecular weight excluding hydrogens is 466 g/mol. The highest BCUT2D eigenvalue weighted by molar-refractivity contribution is 6.24. The number of rotatable bonds is 4. The van der Waals surface area contributed by atoms with Gasteiger partial charge in [0.15, 0.2) is 11.4 Å². The van der Waals surface area contributed by atoms with Crippen molar-refractivity contribution in [3.63, 3.8) is 0 Å². The van der Waals surface area contributed by atoms with Gasteiger partial charge in [-0.15, -0.1) is 0 Å². The number of hydrogen-bond acceptors (Lipinski definition) is 9. The lowest BCUT2D eigenvalue weighted by Crippen LogP contribution is -2.64. The summed E-state index contributed by atoms with van der Waals surface area (Å²) >= 11 is 0. The molecule has 1 aromatic carbocycles. The van der Waals surface area contributed by atoms with Crippen molar-refractivity contribution in [3.05, 3.63) is 45.9 Å². The third kappa shape index (κ3) is 3.27. The average Bonchev–Trinajstić information content (AvgIpc) is 3.32. The van der Waals surface area contributed by atoms with Crippen LogP contribution in [-0.4, -0.2) is 69.7 Å². The molecule has 36 heavy (non-hydrogen) atoms. The Morgan fingerprint density at radius 1 is 1.14 bits per heavy atom. The molecule has 10 nitrogen and oxygen atoms in total. The maximum absolute atomic E-state index is 13.6. The van der Waals surface area contributed by atoms with E-state index in [4.69, 9.17) is 5.73 Å². The summed E-state index contributed by atoms with van der Waals surface area (Å²) in [5.41, 5.74) is 3.20. The van der Waals surface area contributed by atoms with Gasteiger partial charge in [-0.3, -0.25) is 14.4 Å². The molecule has 0 aromatic heterocycles. The zero-order chi connectivity index (χ0) is 26.1. The SMILES string of the molecule is CN(C)c1ccc(O)c2c1CC1CC3[C@@H](NC4CCCC4)C(O)=C(C(N)=O)C(=O)C3(O)C(O)=C1C2=O. The lowest BCUT2D eigenvalue weighted by atomic mass is 9.58. The first kappa shape index (κ1) is 24.3. The molecule has 0 aliphatic heterocycles. The molecule has 0 bridgehead atoms. The molecule has 1 amide bonds.